The Kier molecular flexibility index (Phi) is 29.4. The van der Waals surface area contributed by atoms with E-state index in [1.165, 1.54) is 34.4 Å². The fourth-order valence-electron chi connectivity index (χ4n) is 9.50. The van der Waals surface area contributed by atoms with E-state index in [1.54, 1.807) is 66.7 Å². The maximum absolute atomic E-state index is 14.1. The third-order valence-corrected chi connectivity index (χ3v) is 15.4. The lowest BCUT2D eigenvalue weighted by Gasteiger charge is -2.32. The van der Waals surface area contributed by atoms with Crippen molar-refractivity contribution >= 4 is 45.9 Å². The Balaban J connectivity index is 0.683. The van der Waals surface area contributed by atoms with Gasteiger partial charge in [0.1, 0.15) is 29.9 Å². The first kappa shape index (κ1) is 68.8. The van der Waals surface area contributed by atoms with Crippen molar-refractivity contribution in [3.05, 3.63) is 142 Å². The van der Waals surface area contributed by atoms with Crippen LogP contribution in [0.15, 0.2) is 109 Å². The predicted molar refractivity (Wildman–Crippen MR) is 335 cm³/mol. The number of carbonyl (C=O) groups is 4. The Morgan fingerprint density at radius 1 is 0.685 bits per heavy atom. The summed E-state index contributed by atoms with van der Waals surface area (Å²) >= 11 is 1.28. The van der Waals surface area contributed by atoms with Crippen LogP contribution in [0, 0.1) is 0 Å². The number of nitrogens with one attached hydrogen (secondary N) is 3. The van der Waals surface area contributed by atoms with Crippen molar-refractivity contribution in [2.75, 3.05) is 144 Å². The molecular formula is C64H85F2N11O11S. The number of thiazole rings is 1. The largest absolute Gasteiger partial charge is 0.497 e. The average Bonchev–Trinajstić information content (AvgIpc) is 4.11. The zero-order chi connectivity index (χ0) is 63.0. The van der Waals surface area contributed by atoms with Gasteiger partial charge in [-0.3, -0.25) is 19.7 Å². The molecular weight excluding hydrogens is 1170 g/mol. The van der Waals surface area contributed by atoms with Gasteiger partial charge >= 0.3 is 6.03 Å². The maximum Gasteiger partial charge on any atom is 0.325 e. The van der Waals surface area contributed by atoms with Gasteiger partial charge in [-0.25, -0.2) is 23.2 Å². The van der Waals surface area contributed by atoms with E-state index in [0.717, 1.165) is 61.6 Å². The average molecular weight is 1250 g/mol. The molecule has 0 bridgehead atoms. The minimum Gasteiger partial charge on any atom is -0.497 e. The number of benzene rings is 4. The molecule has 1 fully saturated rings. The number of piperazine rings is 1. The normalized spacial score (nSPS) is 12.9. The molecule has 0 radical (unpaired) electrons. The summed E-state index contributed by atoms with van der Waals surface area (Å²) in [5, 5.41) is 19.1. The number of anilines is 2. The second-order valence-electron chi connectivity index (χ2n) is 21.4. The molecule has 89 heavy (non-hydrogen) atoms. The number of aryl methyl sites for hydroxylation is 1. The number of hydrogen-bond donors (Lipinski definition) is 3. The fraction of sp³-hybridized carbons (Fsp3) is 0.484. The first-order chi connectivity index (χ1) is 43.3. The van der Waals surface area contributed by atoms with Crippen LogP contribution in [0.25, 0.3) is 0 Å². The molecule has 0 saturated carbocycles. The number of carbonyl (C=O) groups excluding carboxylic acids is 4. The van der Waals surface area contributed by atoms with Gasteiger partial charge in [-0.05, 0) is 118 Å². The van der Waals surface area contributed by atoms with E-state index in [2.05, 4.69) is 48.1 Å². The number of unbranched alkanes of at least 4 members (excludes halogenated alkanes) is 1. The van der Waals surface area contributed by atoms with Crippen molar-refractivity contribution in [2.45, 2.75) is 70.5 Å². The number of aromatic nitrogens is 4. The van der Waals surface area contributed by atoms with Gasteiger partial charge < -0.3 is 63.4 Å². The van der Waals surface area contributed by atoms with E-state index in [1.807, 2.05) is 54.5 Å². The molecule has 22 nitrogen and oxygen atoms in total. The van der Waals surface area contributed by atoms with Gasteiger partial charge in [0.15, 0.2) is 5.13 Å². The van der Waals surface area contributed by atoms with Crippen LogP contribution in [0.5, 0.6) is 17.2 Å². The lowest BCUT2D eigenvalue weighted by Crippen LogP contribution is -2.47. The van der Waals surface area contributed by atoms with Gasteiger partial charge in [0.05, 0.1) is 77.7 Å². The van der Waals surface area contributed by atoms with Gasteiger partial charge in [0.2, 0.25) is 17.7 Å². The van der Waals surface area contributed by atoms with E-state index in [4.69, 9.17) is 33.2 Å². The first-order valence-corrected chi connectivity index (χ1v) is 31.0. The zero-order valence-electron chi connectivity index (χ0n) is 51.5. The number of hydrogen-bond acceptors (Lipinski definition) is 17. The number of urea groups is 1. The summed E-state index contributed by atoms with van der Waals surface area (Å²) in [7, 11) is 7.24. The highest BCUT2D eigenvalue weighted by atomic mass is 32.1. The van der Waals surface area contributed by atoms with Crippen LogP contribution in [0.1, 0.15) is 71.8 Å². The minimum atomic E-state index is -2.75. The van der Waals surface area contributed by atoms with Crippen LogP contribution < -0.4 is 30.2 Å². The monoisotopic (exact) mass is 1250 g/mol. The standard InChI is InChI=1S/C64H85F2N11O11S/c1-73(26-5-6-35-87-56-20-11-48(12-21-56)15-24-58(78)77(27-8-34-82-3)60(50-9-7-10-51(43-50)61(65)66)62(80)67-45-49-13-18-55(83-4)19-14-49)32-37-85-40-39-84-36-25-53-46-76(72-71-53)33-38-86-41-42-88-57-22-16-52(17-23-57)68-63(81)70-64-69-54(47-89-64)44-59(79)75-30-28-74(2)29-31-75/h7,9-14,16-23,43,46-47,60-61H,5-6,8,15,24-42,44-45H2,1-4H3,(H,67,80)(H2,68,69,70,81). The molecule has 1 unspecified atom stereocenters. The lowest BCUT2D eigenvalue weighted by atomic mass is 10.00. The molecule has 3 N–H and O–H groups in total. The second kappa shape index (κ2) is 38.0. The van der Waals surface area contributed by atoms with Crippen molar-refractivity contribution < 1.29 is 61.1 Å². The number of halogens is 2. The van der Waals surface area contributed by atoms with Crippen molar-refractivity contribution in [3.63, 3.8) is 0 Å². The van der Waals surface area contributed by atoms with Gasteiger partial charge in [0.25, 0.3) is 6.43 Å². The van der Waals surface area contributed by atoms with E-state index in [9.17, 15) is 28.0 Å². The molecule has 3 heterocycles. The number of nitrogens with zero attached hydrogens (tertiary/aromatic N) is 8. The molecule has 2 aromatic heterocycles. The number of likely N-dealkylation sites (N-methyl/N-ethyl adjacent to an activating group) is 2. The topological polar surface area (TPSA) is 226 Å². The fourth-order valence-corrected chi connectivity index (χ4v) is 10.2. The molecule has 6 aromatic rings. The molecule has 5 amide bonds. The van der Waals surface area contributed by atoms with Crippen LogP contribution in [0.2, 0.25) is 0 Å². The number of rotatable bonds is 40. The third kappa shape index (κ3) is 24.7. The Hall–Kier alpha value is -7.65. The van der Waals surface area contributed by atoms with E-state index >= 15 is 0 Å². The summed E-state index contributed by atoms with van der Waals surface area (Å²) in [6, 6.07) is 26.0. The molecule has 1 aliphatic rings. The number of ether oxygens (including phenoxy) is 7. The Labute approximate surface area is 524 Å². The SMILES string of the molecule is COCCCN(C(=O)CCc1ccc(OCCCCN(C)CCOCCOCCc2cn(CCOCCOc3ccc(NC(=O)Nc4nc(CC(=O)N5CCN(C)CC5)cs4)cc3)nn2)cc1)C(C(=O)NCc1ccc(OC)cc1)c1cccc(C(F)F)c1. The summed E-state index contributed by atoms with van der Waals surface area (Å²) in [6.07, 6.45) is 2.72. The number of alkyl halides is 2. The highest BCUT2D eigenvalue weighted by Gasteiger charge is 2.32. The van der Waals surface area contributed by atoms with Crippen molar-refractivity contribution in [3.8, 4) is 17.2 Å². The van der Waals surface area contributed by atoms with Crippen molar-refractivity contribution in [2.24, 2.45) is 0 Å². The summed E-state index contributed by atoms with van der Waals surface area (Å²) < 4.78 is 69.2. The minimum absolute atomic E-state index is 0.0410. The smallest absolute Gasteiger partial charge is 0.325 e. The highest BCUT2D eigenvalue weighted by Crippen LogP contribution is 2.29. The Morgan fingerprint density at radius 2 is 1.37 bits per heavy atom. The van der Waals surface area contributed by atoms with Crippen LogP contribution in [0.3, 0.4) is 0 Å². The van der Waals surface area contributed by atoms with Gasteiger partial charge in [-0.1, -0.05) is 47.7 Å². The molecule has 4 aromatic carbocycles. The second-order valence-corrected chi connectivity index (χ2v) is 22.3. The lowest BCUT2D eigenvalue weighted by molar-refractivity contribution is -0.141. The van der Waals surface area contributed by atoms with Crippen molar-refractivity contribution in [1.29, 1.82) is 0 Å². The van der Waals surface area contributed by atoms with E-state index < -0.39 is 24.4 Å². The van der Waals surface area contributed by atoms with Crippen LogP contribution in [-0.4, -0.2) is 197 Å². The summed E-state index contributed by atoms with van der Waals surface area (Å²) in [5.74, 6) is 1.31. The van der Waals surface area contributed by atoms with E-state index in [-0.39, 0.29) is 43.3 Å². The van der Waals surface area contributed by atoms with E-state index in [0.29, 0.717) is 132 Å². The molecule has 1 saturated heterocycles. The highest BCUT2D eigenvalue weighted by molar-refractivity contribution is 7.14. The molecule has 0 aliphatic carbocycles. The predicted octanol–water partition coefficient (Wildman–Crippen LogP) is 7.96. The molecule has 1 aliphatic heterocycles. The first-order valence-electron chi connectivity index (χ1n) is 30.1. The number of amides is 5. The zero-order valence-corrected chi connectivity index (χ0v) is 52.3. The molecule has 0 spiro atoms. The van der Waals surface area contributed by atoms with Crippen LogP contribution >= 0.6 is 11.3 Å². The molecule has 482 valence electrons. The van der Waals surface area contributed by atoms with Crippen molar-refractivity contribution in [1.82, 2.24) is 44.9 Å². The third-order valence-electron chi connectivity index (χ3n) is 14.6. The quantitative estimate of drug-likeness (QED) is 0.0310. The summed E-state index contributed by atoms with van der Waals surface area (Å²) in [5.41, 5.74) is 3.84. The molecule has 7 rings (SSSR count). The van der Waals surface area contributed by atoms with Gasteiger partial charge in [-0.2, -0.15) is 0 Å². The van der Waals surface area contributed by atoms with Crippen LogP contribution in [-0.2, 0) is 65.7 Å². The maximum atomic E-state index is 14.1. The van der Waals surface area contributed by atoms with Crippen LogP contribution in [0.4, 0.5) is 24.4 Å². The molecule has 25 heteroatoms. The summed E-state index contributed by atoms with van der Waals surface area (Å²) in [4.78, 5) is 65.5. The Morgan fingerprint density at radius 3 is 2.11 bits per heavy atom. The Bertz CT molecular complexity index is 3040. The summed E-state index contributed by atoms with van der Waals surface area (Å²) in [6.45, 7) is 9.83. The number of methoxy groups -OCH3 is 2. The van der Waals surface area contributed by atoms with Gasteiger partial charge in [-0.15, -0.1) is 16.4 Å². The van der Waals surface area contributed by atoms with Gasteiger partial charge in [0, 0.05) is 95.2 Å². The molecule has 1 atom stereocenters.